The van der Waals surface area contributed by atoms with Crippen LogP contribution in [0.2, 0.25) is 0 Å². The molecule has 4 atom stereocenters. The third kappa shape index (κ3) is 4.78. The van der Waals surface area contributed by atoms with Gasteiger partial charge >= 0.3 is 6.03 Å². The zero-order chi connectivity index (χ0) is 34.0. The molecule has 8 N–H and O–H groups in total. The van der Waals surface area contributed by atoms with E-state index in [1.165, 1.54) is 49.3 Å². The topological polar surface area (TPSA) is 249 Å². The average Bonchev–Trinajstić information content (AvgIpc) is 2.96. The molecule has 1 fully saturated rings. The fraction of sp³-hybridized carbons (Fsp3) is 0.333. The van der Waals surface area contributed by atoms with E-state index in [2.05, 4.69) is 10.6 Å². The molecule has 0 saturated heterocycles. The molecule has 3 amide bonds. The molecule has 2 aromatic rings. The van der Waals surface area contributed by atoms with Gasteiger partial charge in [-0.05, 0) is 56.6 Å². The molecule has 0 bridgehead atoms. The number of nitrogens with zero attached hydrogens (tertiary/aromatic N) is 3. The number of fused-ring (bicyclic) bond motifs is 3. The number of hydrogen-bond acceptors (Lipinski definition) is 12. The van der Waals surface area contributed by atoms with Crippen molar-refractivity contribution in [2.75, 3.05) is 43.7 Å². The molecule has 46 heavy (non-hydrogen) atoms. The van der Waals surface area contributed by atoms with Crippen molar-refractivity contribution in [2.45, 2.75) is 24.5 Å². The standard InChI is InChI=1S/C30H32N6O10/c1-34(2)18-11-17(33-29(43)32-13-5-7-14(8-6-13)36(45)46)23(37)20-15(18)9-12-10-16-22(35(3)4)25(39)21(28(31)42)27(41)30(16,44)26(40)19(12)24(20)38/h5-8,11-12,16,22,37-38,41,44H,9-10H2,1-4H3,(H2,31,42)(H2,32,33,43)/t12-,16-,22-,30-/m0/s1. The van der Waals surface area contributed by atoms with Crippen LogP contribution in [-0.4, -0.2) is 93.6 Å². The first-order valence-corrected chi connectivity index (χ1v) is 14.0. The first kappa shape index (κ1) is 31.9. The van der Waals surface area contributed by atoms with Gasteiger partial charge in [0.2, 0.25) is 5.78 Å². The molecule has 16 heteroatoms. The number of carbonyl (C=O) groups is 4. The Balaban J connectivity index is 1.60. The molecule has 16 nitrogen and oxygen atoms in total. The largest absolute Gasteiger partial charge is 0.508 e. The Bertz CT molecular complexity index is 1780. The van der Waals surface area contributed by atoms with Gasteiger partial charge in [-0.1, -0.05) is 0 Å². The number of phenolic OH excluding ortho intramolecular Hbond substituents is 1. The van der Waals surface area contributed by atoms with Gasteiger partial charge in [-0.25, -0.2) is 4.79 Å². The van der Waals surface area contributed by atoms with Crippen LogP contribution < -0.4 is 21.3 Å². The van der Waals surface area contributed by atoms with Crippen LogP contribution in [0.3, 0.4) is 0 Å². The summed E-state index contributed by atoms with van der Waals surface area (Å²) < 4.78 is 0. The predicted molar refractivity (Wildman–Crippen MR) is 164 cm³/mol. The third-order valence-corrected chi connectivity index (χ3v) is 8.76. The highest BCUT2D eigenvalue weighted by molar-refractivity contribution is 6.24. The van der Waals surface area contributed by atoms with Gasteiger partial charge in [-0.3, -0.25) is 29.4 Å². The Morgan fingerprint density at radius 3 is 2.24 bits per heavy atom. The normalized spacial score (nSPS) is 23.8. The maximum atomic E-state index is 14.1. The van der Waals surface area contributed by atoms with Gasteiger partial charge in [0, 0.05) is 49.1 Å². The van der Waals surface area contributed by atoms with Crippen LogP contribution in [-0.2, 0) is 20.8 Å². The lowest BCUT2D eigenvalue weighted by atomic mass is 9.57. The fourth-order valence-corrected chi connectivity index (χ4v) is 6.74. The number of nitro groups is 1. The van der Waals surface area contributed by atoms with E-state index in [1.54, 1.807) is 19.0 Å². The number of Topliss-reactive ketones (excluding diaryl/α,β-unsaturated/α-hetero) is 2. The minimum absolute atomic E-state index is 0.0604. The van der Waals surface area contributed by atoms with Crippen LogP contribution in [0.4, 0.5) is 27.5 Å². The molecular weight excluding hydrogens is 604 g/mol. The van der Waals surface area contributed by atoms with Crippen LogP contribution >= 0.6 is 0 Å². The number of urea groups is 1. The number of benzene rings is 2. The zero-order valence-corrected chi connectivity index (χ0v) is 25.2. The number of anilines is 3. The molecule has 0 spiro atoms. The molecule has 1 saturated carbocycles. The average molecular weight is 637 g/mol. The number of non-ortho nitro benzene ring substituents is 1. The first-order valence-electron chi connectivity index (χ1n) is 14.0. The number of phenols is 1. The van der Waals surface area contributed by atoms with E-state index in [1.807, 2.05) is 0 Å². The number of nitrogens with two attached hydrogens (primary N) is 1. The number of ketones is 2. The van der Waals surface area contributed by atoms with Crippen LogP contribution in [0.1, 0.15) is 17.5 Å². The lowest BCUT2D eigenvalue weighted by Gasteiger charge is -2.50. The monoisotopic (exact) mass is 636 g/mol. The van der Waals surface area contributed by atoms with Crippen LogP contribution in [0, 0.1) is 22.0 Å². The zero-order valence-electron chi connectivity index (χ0n) is 25.2. The molecule has 0 aromatic heterocycles. The van der Waals surface area contributed by atoms with Crippen LogP contribution in [0.15, 0.2) is 47.2 Å². The summed E-state index contributed by atoms with van der Waals surface area (Å²) in [6, 6.07) is 4.43. The molecule has 0 aliphatic heterocycles. The second-order valence-corrected chi connectivity index (χ2v) is 11.9. The lowest BCUT2D eigenvalue weighted by Crippen LogP contribution is -2.65. The minimum Gasteiger partial charge on any atom is -0.508 e. The van der Waals surface area contributed by atoms with E-state index in [0.29, 0.717) is 11.3 Å². The highest BCUT2D eigenvalue weighted by Gasteiger charge is 2.64. The maximum Gasteiger partial charge on any atom is 0.323 e. The Morgan fingerprint density at radius 2 is 1.70 bits per heavy atom. The Kier molecular flexibility index (Phi) is 7.74. The van der Waals surface area contributed by atoms with E-state index in [-0.39, 0.29) is 41.0 Å². The number of hydrogen-bond donors (Lipinski definition) is 7. The summed E-state index contributed by atoms with van der Waals surface area (Å²) in [7, 11) is 6.40. The van der Waals surface area contributed by atoms with Crippen molar-refractivity contribution < 1.29 is 44.5 Å². The number of aliphatic hydroxyl groups excluding tert-OH is 2. The van der Waals surface area contributed by atoms with E-state index in [4.69, 9.17) is 5.73 Å². The molecule has 3 aliphatic carbocycles. The molecule has 0 unspecified atom stereocenters. The number of amides is 3. The van der Waals surface area contributed by atoms with Gasteiger partial charge in [0.05, 0.1) is 22.2 Å². The Hall–Kier alpha value is -5.48. The van der Waals surface area contributed by atoms with Crippen molar-refractivity contribution in [2.24, 2.45) is 17.6 Å². The summed E-state index contributed by atoms with van der Waals surface area (Å²) in [5, 5.41) is 61.6. The molecule has 0 radical (unpaired) electrons. The molecule has 3 aliphatic rings. The van der Waals surface area contributed by atoms with Crippen LogP contribution in [0.25, 0.3) is 5.76 Å². The summed E-state index contributed by atoms with van der Waals surface area (Å²) >= 11 is 0. The third-order valence-electron chi connectivity index (χ3n) is 8.76. The van der Waals surface area contributed by atoms with Gasteiger partial charge < -0.3 is 41.7 Å². The molecule has 2 aromatic carbocycles. The summed E-state index contributed by atoms with van der Waals surface area (Å²) in [4.78, 5) is 65.8. The van der Waals surface area contributed by atoms with Crippen molar-refractivity contribution in [3.05, 3.63) is 68.5 Å². The fourth-order valence-electron chi connectivity index (χ4n) is 6.74. The number of aliphatic hydroxyl groups is 3. The van der Waals surface area contributed by atoms with E-state index >= 15 is 0 Å². The van der Waals surface area contributed by atoms with Gasteiger partial charge in [0.25, 0.3) is 11.6 Å². The smallest absolute Gasteiger partial charge is 0.323 e. The number of nitro benzene ring substituents is 1. The van der Waals surface area contributed by atoms with Crippen LogP contribution in [0.5, 0.6) is 5.75 Å². The summed E-state index contributed by atoms with van der Waals surface area (Å²) in [6.07, 6.45) is -0.0120. The van der Waals surface area contributed by atoms with Crippen molar-refractivity contribution in [3.8, 4) is 5.75 Å². The highest BCUT2D eigenvalue weighted by Crippen LogP contribution is 2.54. The minimum atomic E-state index is -2.79. The van der Waals surface area contributed by atoms with Crippen molar-refractivity contribution in [1.29, 1.82) is 0 Å². The second-order valence-electron chi connectivity index (χ2n) is 11.9. The van der Waals surface area contributed by atoms with E-state index < -0.39 is 74.7 Å². The predicted octanol–water partition coefficient (Wildman–Crippen LogP) is 1.58. The number of primary amides is 1. The molecule has 5 rings (SSSR count). The van der Waals surface area contributed by atoms with Gasteiger partial charge in [0.1, 0.15) is 17.1 Å². The Morgan fingerprint density at radius 1 is 1.07 bits per heavy atom. The quantitative estimate of drug-likeness (QED) is 0.103. The molecule has 242 valence electrons. The van der Waals surface area contributed by atoms with Crippen molar-refractivity contribution >= 4 is 52.0 Å². The molecule has 0 heterocycles. The number of rotatable bonds is 6. The lowest BCUT2D eigenvalue weighted by molar-refractivity contribution is -0.384. The number of nitrogens with one attached hydrogen (secondary N) is 2. The summed E-state index contributed by atoms with van der Waals surface area (Å²) in [6.45, 7) is 0. The van der Waals surface area contributed by atoms with Gasteiger partial charge in [-0.2, -0.15) is 0 Å². The summed E-state index contributed by atoms with van der Waals surface area (Å²) in [5.74, 6) is -7.84. The summed E-state index contributed by atoms with van der Waals surface area (Å²) in [5.41, 5.74) is 1.86. The number of likely N-dealkylation sites (N-methyl/N-ethyl adjacent to an activating group) is 1. The van der Waals surface area contributed by atoms with Crippen molar-refractivity contribution in [3.63, 3.8) is 0 Å². The SMILES string of the molecule is CN(C)c1cc(NC(=O)Nc2ccc([N+](=O)[O-])cc2)c(O)c2c1C[C@H]1C[C@H]3[C@H](N(C)C)C(=O)C(C(N)=O)=C(O)[C@@]3(O)C(=O)C1=C2O. The Labute approximate surface area is 261 Å². The van der Waals surface area contributed by atoms with Crippen molar-refractivity contribution in [1.82, 2.24) is 4.90 Å². The van der Waals surface area contributed by atoms with Gasteiger partial charge in [0.15, 0.2) is 17.1 Å². The second kappa shape index (κ2) is 11.1. The van der Waals surface area contributed by atoms with E-state index in [0.717, 1.165) is 0 Å². The maximum absolute atomic E-state index is 14.1. The number of carbonyl (C=O) groups excluding carboxylic acids is 4. The first-order chi connectivity index (χ1) is 21.5. The highest BCUT2D eigenvalue weighted by atomic mass is 16.6. The molecular formula is C30H32N6O10. The van der Waals surface area contributed by atoms with Gasteiger partial charge in [-0.15, -0.1) is 0 Å². The number of aromatic hydroxyl groups is 1. The van der Waals surface area contributed by atoms with E-state index in [9.17, 15) is 49.7 Å².